The highest BCUT2D eigenvalue weighted by molar-refractivity contribution is 5.85. The van der Waals surface area contributed by atoms with Crippen molar-refractivity contribution in [1.29, 1.82) is 0 Å². The minimum Gasteiger partial charge on any atom is -0.469 e. The van der Waals surface area contributed by atoms with Gasteiger partial charge in [0.05, 0.1) is 12.5 Å². The van der Waals surface area contributed by atoms with Crippen molar-refractivity contribution in [2.45, 2.75) is 39.7 Å². The lowest BCUT2D eigenvalue weighted by molar-refractivity contribution is -0.155. The van der Waals surface area contributed by atoms with Crippen LogP contribution in [0.4, 0.5) is 0 Å². The second-order valence-electron chi connectivity index (χ2n) is 6.60. The van der Waals surface area contributed by atoms with E-state index in [0.29, 0.717) is 6.54 Å². The molecule has 19 heavy (non-hydrogen) atoms. The Labute approximate surface area is 115 Å². The van der Waals surface area contributed by atoms with Crippen LogP contribution in [0.3, 0.4) is 0 Å². The Kier molecular flexibility index (Phi) is 4.61. The maximum Gasteiger partial charge on any atom is 0.311 e. The van der Waals surface area contributed by atoms with Crippen molar-refractivity contribution >= 4 is 11.9 Å². The molecule has 0 unspecified atom stereocenters. The van der Waals surface area contributed by atoms with Gasteiger partial charge in [0.25, 0.3) is 0 Å². The van der Waals surface area contributed by atoms with E-state index in [2.05, 4.69) is 25.8 Å². The Bertz CT molecular complexity index is 364. The van der Waals surface area contributed by atoms with Gasteiger partial charge in [-0.05, 0) is 34.7 Å². The second-order valence-corrected chi connectivity index (χ2v) is 6.60. The van der Waals surface area contributed by atoms with E-state index in [-0.39, 0.29) is 23.8 Å². The lowest BCUT2D eigenvalue weighted by atomic mass is 9.88. The van der Waals surface area contributed by atoms with Crippen molar-refractivity contribution in [3.63, 3.8) is 0 Å². The van der Waals surface area contributed by atoms with Crippen LogP contribution in [0.2, 0.25) is 0 Å². The average molecular weight is 270 g/mol. The minimum absolute atomic E-state index is 0.0245. The fourth-order valence-corrected chi connectivity index (χ4v) is 2.29. The van der Waals surface area contributed by atoms with Gasteiger partial charge in [0, 0.05) is 31.6 Å². The summed E-state index contributed by atoms with van der Waals surface area (Å²) in [5.41, 5.74) is -0.789. The standard InChI is InChI=1S/C14H26N2O3/c1-13(2,12(18)19-6)9-11(17)16-8-7-15(5)14(3,4)10-16/h7-10H2,1-6H3. The summed E-state index contributed by atoms with van der Waals surface area (Å²) < 4.78 is 4.74. The van der Waals surface area contributed by atoms with Gasteiger partial charge in [0.1, 0.15) is 0 Å². The molecular formula is C14H26N2O3. The van der Waals surface area contributed by atoms with E-state index in [4.69, 9.17) is 4.74 Å². The normalized spacial score (nSPS) is 20.2. The van der Waals surface area contributed by atoms with Gasteiger partial charge < -0.3 is 9.64 Å². The fourth-order valence-electron chi connectivity index (χ4n) is 2.29. The summed E-state index contributed by atoms with van der Waals surface area (Å²) in [6.45, 7) is 10.0. The Balaban J connectivity index is 2.67. The number of amides is 1. The Hall–Kier alpha value is -1.10. The van der Waals surface area contributed by atoms with Crippen LogP contribution in [-0.4, -0.2) is 61.0 Å². The first-order valence-electron chi connectivity index (χ1n) is 6.67. The van der Waals surface area contributed by atoms with Crippen LogP contribution in [0.25, 0.3) is 0 Å². The number of piperazine rings is 1. The molecule has 0 aromatic heterocycles. The molecule has 0 aromatic rings. The van der Waals surface area contributed by atoms with E-state index in [0.717, 1.165) is 13.1 Å². The van der Waals surface area contributed by atoms with Gasteiger partial charge >= 0.3 is 5.97 Å². The molecule has 1 aliphatic heterocycles. The number of carbonyl (C=O) groups excluding carboxylic acids is 2. The van der Waals surface area contributed by atoms with Crippen LogP contribution in [-0.2, 0) is 14.3 Å². The molecule has 0 radical (unpaired) electrons. The highest BCUT2D eigenvalue weighted by Crippen LogP contribution is 2.25. The quantitative estimate of drug-likeness (QED) is 0.721. The number of rotatable bonds is 3. The number of ether oxygens (including phenoxy) is 1. The Morgan fingerprint density at radius 3 is 2.32 bits per heavy atom. The molecule has 110 valence electrons. The molecule has 1 rings (SSSR count). The van der Waals surface area contributed by atoms with Gasteiger partial charge in [-0.25, -0.2) is 0 Å². The van der Waals surface area contributed by atoms with Crippen molar-refractivity contribution in [1.82, 2.24) is 9.80 Å². The van der Waals surface area contributed by atoms with Gasteiger partial charge in [-0.2, -0.15) is 0 Å². The van der Waals surface area contributed by atoms with Crippen LogP contribution >= 0.6 is 0 Å². The van der Waals surface area contributed by atoms with Crippen LogP contribution in [0, 0.1) is 5.41 Å². The van der Waals surface area contributed by atoms with Crippen LogP contribution in [0.5, 0.6) is 0 Å². The van der Waals surface area contributed by atoms with Crippen molar-refractivity contribution in [2.75, 3.05) is 33.8 Å². The molecular weight excluding hydrogens is 244 g/mol. The molecule has 5 heteroatoms. The third-order valence-electron chi connectivity index (χ3n) is 4.00. The summed E-state index contributed by atoms with van der Waals surface area (Å²) in [7, 11) is 3.42. The van der Waals surface area contributed by atoms with E-state index in [9.17, 15) is 9.59 Å². The number of nitrogens with zero attached hydrogens (tertiary/aromatic N) is 2. The van der Waals surface area contributed by atoms with Crippen molar-refractivity contribution in [3.05, 3.63) is 0 Å². The number of hydrogen-bond donors (Lipinski definition) is 0. The molecule has 0 spiro atoms. The molecule has 0 aromatic carbocycles. The topological polar surface area (TPSA) is 49.9 Å². The van der Waals surface area contributed by atoms with Gasteiger partial charge in [-0.1, -0.05) is 0 Å². The van der Waals surface area contributed by atoms with Crippen molar-refractivity contribution in [2.24, 2.45) is 5.41 Å². The SMILES string of the molecule is COC(=O)C(C)(C)CC(=O)N1CCN(C)C(C)(C)C1. The fraction of sp³-hybridized carbons (Fsp3) is 0.857. The molecule has 0 atom stereocenters. The number of carbonyl (C=O) groups is 2. The minimum atomic E-state index is -0.765. The van der Waals surface area contributed by atoms with Gasteiger partial charge in [0.2, 0.25) is 5.91 Å². The smallest absolute Gasteiger partial charge is 0.311 e. The van der Waals surface area contributed by atoms with Crippen LogP contribution in [0.1, 0.15) is 34.1 Å². The van der Waals surface area contributed by atoms with Crippen molar-refractivity contribution in [3.8, 4) is 0 Å². The Morgan fingerprint density at radius 1 is 1.26 bits per heavy atom. The van der Waals surface area contributed by atoms with E-state index in [1.165, 1.54) is 7.11 Å². The number of esters is 1. The summed E-state index contributed by atoms with van der Waals surface area (Å²) in [5, 5.41) is 0. The van der Waals surface area contributed by atoms with Gasteiger partial charge in [-0.3, -0.25) is 14.5 Å². The van der Waals surface area contributed by atoms with E-state index < -0.39 is 5.41 Å². The molecule has 0 saturated carbocycles. The molecule has 1 saturated heterocycles. The van der Waals surface area contributed by atoms with E-state index in [1.807, 2.05) is 4.90 Å². The lowest BCUT2D eigenvalue weighted by Crippen LogP contribution is -2.59. The molecule has 1 aliphatic rings. The Morgan fingerprint density at radius 2 is 1.84 bits per heavy atom. The van der Waals surface area contributed by atoms with Crippen molar-refractivity contribution < 1.29 is 14.3 Å². The highest BCUT2D eigenvalue weighted by atomic mass is 16.5. The van der Waals surface area contributed by atoms with Gasteiger partial charge in [-0.15, -0.1) is 0 Å². The molecule has 0 bridgehead atoms. The summed E-state index contributed by atoms with van der Waals surface area (Å²) in [5.74, 6) is -0.314. The zero-order valence-corrected chi connectivity index (χ0v) is 12.9. The van der Waals surface area contributed by atoms with E-state index in [1.54, 1.807) is 13.8 Å². The summed E-state index contributed by atoms with van der Waals surface area (Å²) in [4.78, 5) is 28.1. The predicted octanol–water partition coefficient (Wildman–Crippen LogP) is 1.13. The molecule has 1 heterocycles. The highest BCUT2D eigenvalue weighted by Gasteiger charge is 2.37. The first-order chi connectivity index (χ1) is 8.60. The lowest BCUT2D eigenvalue weighted by Gasteiger charge is -2.45. The number of hydrogen-bond acceptors (Lipinski definition) is 4. The largest absolute Gasteiger partial charge is 0.469 e. The predicted molar refractivity (Wildman–Crippen MR) is 73.7 cm³/mol. The monoisotopic (exact) mass is 270 g/mol. The average Bonchev–Trinajstić information content (AvgIpc) is 2.30. The van der Waals surface area contributed by atoms with Crippen LogP contribution in [0.15, 0.2) is 0 Å². The third-order valence-corrected chi connectivity index (χ3v) is 4.00. The zero-order chi connectivity index (χ0) is 14.8. The molecule has 1 fully saturated rings. The summed E-state index contributed by atoms with van der Waals surface area (Å²) >= 11 is 0. The molecule has 0 aliphatic carbocycles. The third kappa shape index (κ3) is 3.69. The number of likely N-dealkylation sites (N-methyl/N-ethyl adjacent to an activating group) is 1. The first-order valence-corrected chi connectivity index (χ1v) is 6.67. The van der Waals surface area contributed by atoms with Crippen LogP contribution < -0.4 is 0 Å². The maximum absolute atomic E-state index is 12.3. The summed E-state index contributed by atoms with van der Waals surface area (Å²) in [6.07, 6.45) is 0.194. The van der Waals surface area contributed by atoms with E-state index >= 15 is 0 Å². The molecule has 5 nitrogen and oxygen atoms in total. The summed E-state index contributed by atoms with van der Waals surface area (Å²) in [6, 6.07) is 0. The second kappa shape index (κ2) is 5.49. The molecule has 0 N–H and O–H groups in total. The van der Waals surface area contributed by atoms with Gasteiger partial charge in [0.15, 0.2) is 0 Å². The number of methoxy groups -OCH3 is 1. The molecule has 1 amide bonds. The first kappa shape index (κ1) is 16.0. The zero-order valence-electron chi connectivity index (χ0n) is 12.9. The maximum atomic E-state index is 12.3.